The van der Waals surface area contributed by atoms with E-state index in [0.717, 1.165) is 47.3 Å². The molecule has 44 heavy (non-hydrogen) atoms. The topological polar surface area (TPSA) is 116 Å². The second-order valence-corrected chi connectivity index (χ2v) is 11.5. The molecule has 0 aliphatic heterocycles. The van der Waals surface area contributed by atoms with Gasteiger partial charge in [-0.3, -0.25) is 9.36 Å². The van der Waals surface area contributed by atoms with Gasteiger partial charge in [0.25, 0.3) is 5.56 Å². The van der Waals surface area contributed by atoms with Gasteiger partial charge in [0.1, 0.15) is 5.82 Å². The summed E-state index contributed by atoms with van der Waals surface area (Å²) in [5.41, 5.74) is 4.81. The smallest absolute Gasteiger partial charge is 0.318 e. The number of H-pyrrole nitrogens is 1. The van der Waals surface area contributed by atoms with Gasteiger partial charge in [-0.25, -0.2) is 14.3 Å². The molecule has 0 saturated carbocycles. The van der Waals surface area contributed by atoms with Crippen molar-refractivity contribution in [3.05, 3.63) is 111 Å². The number of hydrogen-bond donors (Lipinski definition) is 1. The Morgan fingerprint density at radius 1 is 0.841 bits per heavy atom. The minimum absolute atomic E-state index is 0.116. The van der Waals surface area contributed by atoms with E-state index < -0.39 is 0 Å². The summed E-state index contributed by atoms with van der Waals surface area (Å²) in [6.07, 6.45) is 3.79. The summed E-state index contributed by atoms with van der Waals surface area (Å²) in [6.45, 7) is 6.96. The number of hydrogen-bond acceptors (Lipinski definition) is 6. The quantitative estimate of drug-likeness (QED) is 0.196. The van der Waals surface area contributed by atoms with Crippen LogP contribution in [-0.4, -0.2) is 39.3 Å². The molecule has 10 heteroatoms. The second-order valence-electron chi connectivity index (χ2n) is 11.5. The highest BCUT2D eigenvalue weighted by atomic mass is 16.2. The van der Waals surface area contributed by atoms with Crippen molar-refractivity contribution in [1.82, 2.24) is 39.3 Å². The van der Waals surface area contributed by atoms with E-state index in [1.54, 1.807) is 4.57 Å². The average Bonchev–Trinajstić information content (AvgIpc) is 3.69. The van der Waals surface area contributed by atoms with Gasteiger partial charge in [-0.2, -0.15) is 5.21 Å². The Balaban J connectivity index is 1.48. The third-order valence-electron chi connectivity index (χ3n) is 7.79. The van der Waals surface area contributed by atoms with Gasteiger partial charge in [-0.1, -0.05) is 100 Å². The summed E-state index contributed by atoms with van der Waals surface area (Å²) < 4.78 is 4.98. The second kappa shape index (κ2) is 12.6. The van der Waals surface area contributed by atoms with Gasteiger partial charge in [0, 0.05) is 25.1 Å². The zero-order valence-electron chi connectivity index (χ0n) is 25.3. The van der Waals surface area contributed by atoms with Crippen molar-refractivity contribution in [3.63, 3.8) is 0 Å². The first-order chi connectivity index (χ1) is 21.5. The van der Waals surface area contributed by atoms with Crippen LogP contribution in [-0.2, 0) is 19.5 Å². The normalized spacial score (nSPS) is 11.5. The van der Waals surface area contributed by atoms with Gasteiger partial charge in [-0.15, -0.1) is 10.2 Å². The molecule has 0 unspecified atom stereocenters. The number of nitrogens with zero attached hydrogens (tertiary/aromatic N) is 7. The molecule has 0 aliphatic carbocycles. The van der Waals surface area contributed by atoms with Crippen LogP contribution < -0.4 is 11.2 Å². The van der Waals surface area contributed by atoms with Crippen molar-refractivity contribution in [2.45, 2.75) is 59.5 Å². The highest BCUT2D eigenvalue weighted by Crippen LogP contribution is 2.30. The number of imidazole rings is 1. The zero-order chi connectivity index (χ0) is 30.6. The molecule has 10 nitrogen and oxygen atoms in total. The Kier molecular flexibility index (Phi) is 8.31. The van der Waals surface area contributed by atoms with Crippen LogP contribution in [0.1, 0.15) is 51.4 Å². The van der Waals surface area contributed by atoms with Gasteiger partial charge in [-0.05, 0) is 46.4 Å². The maximum atomic E-state index is 14.1. The first-order valence-corrected chi connectivity index (χ1v) is 15.2. The van der Waals surface area contributed by atoms with E-state index in [0.29, 0.717) is 42.2 Å². The monoisotopic (exact) mass is 588 g/mol. The number of tetrazole rings is 1. The summed E-state index contributed by atoms with van der Waals surface area (Å²) in [5.74, 6) is 1.46. The van der Waals surface area contributed by atoms with Crippen LogP contribution in [0.15, 0.2) is 88.5 Å². The summed E-state index contributed by atoms with van der Waals surface area (Å²) in [4.78, 5) is 32.9. The molecule has 0 spiro atoms. The first-order valence-electron chi connectivity index (χ1n) is 15.2. The highest BCUT2D eigenvalue weighted by Gasteiger charge is 2.23. The van der Waals surface area contributed by atoms with Gasteiger partial charge in [0.2, 0.25) is 5.82 Å². The molecule has 3 aromatic carbocycles. The lowest BCUT2D eigenvalue weighted by atomic mass is 9.98. The molecule has 0 aliphatic rings. The van der Waals surface area contributed by atoms with Crippen molar-refractivity contribution < 1.29 is 0 Å². The number of benzene rings is 3. The van der Waals surface area contributed by atoms with Gasteiger partial charge < -0.3 is 4.57 Å². The standard InChI is InChI=1S/C34H36N8O2/c1-4-5-7-16-29-35-32-30(33(43)41(21-23(2)3)34(44)42(32)26-12-8-6-9-13-26)40(29)22-24-17-19-25(20-18-24)27-14-10-11-15-28(27)31-36-38-39-37-31/h6,8-15,17-20,23H,4-5,7,16,21-22H2,1-3H3,(H,36,37,38,39). The summed E-state index contributed by atoms with van der Waals surface area (Å²) in [5, 5.41) is 14.6. The third-order valence-corrected chi connectivity index (χ3v) is 7.79. The molecule has 1 N–H and O–H groups in total. The van der Waals surface area contributed by atoms with E-state index in [4.69, 9.17) is 4.98 Å². The van der Waals surface area contributed by atoms with Gasteiger partial charge in [0.15, 0.2) is 11.2 Å². The number of fused-ring (bicyclic) bond motifs is 1. The van der Waals surface area contributed by atoms with Crippen LogP contribution in [0.4, 0.5) is 0 Å². The van der Waals surface area contributed by atoms with Crippen LogP contribution in [0.25, 0.3) is 39.4 Å². The lowest BCUT2D eigenvalue weighted by Gasteiger charge is -2.15. The minimum Gasteiger partial charge on any atom is -0.318 e. The average molecular weight is 589 g/mol. The van der Waals surface area contributed by atoms with E-state index in [9.17, 15) is 9.59 Å². The van der Waals surface area contributed by atoms with E-state index in [1.807, 2.05) is 73.0 Å². The fourth-order valence-corrected chi connectivity index (χ4v) is 5.69. The summed E-state index contributed by atoms with van der Waals surface area (Å²) in [7, 11) is 0. The number of aromatic nitrogens is 8. The minimum atomic E-state index is -0.364. The lowest BCUT2D eigenvalue weighted by molar-refractivity contribution is 0.489. The molecule has 0 amide bonds. The van der Waals surface area contributed by atoms with Gasteiger partial charge >= 0.3 is 5.69 Å². The Bertz CT molecular complexity index is 1990. The summed E-state index contributed by atoms with van der Waals surface area (Å²) >= 11 is 0. The third kappa shape index (κ3) is 5.62. The number of nitrogens with one attached hydrogen (secondary N) is 1. The highest BCUT2D eigenvalue weighted by molar-refractivity contribution is 5.80. The molecule has 0 radical (unpaired) electrons. The van der Waals surface area contributed by atoms with Crippen LogP contribution >= 0.6 is 0 Å². The van der Waals surface area contributed by atoms with Crippen LogP contribution in [0, 0.1) is 5.92 Å². The van der Waals surface area contributed by atoms with E-state index in [1.165, 1.54) is 4.57 Å². The van der Waals surface area contributed by atoms with E-state index >= 15 is 0 Å². The Morgan fingerprint density at radius 3 is 2.25 bits per heavy atom. The summed E-state index contributed by atoms with van der Waals surface area (Å²) in [6, 6.07) is 25.7. The van der Waals surface area contributed by atoms with Crippen LogP contribution in [0.2, 0.25) is 0 Å². The van der Waals surface area contributed by atoms with E-state index in [-0.39, 0.29) is 17.2 Å². The Hall–Kier alpha value is -5.12. The SMILES string of the molecule is CCCCCc1nc2c(c(=O)n(CC(C)C)c(=O)n2-c2ccccc2)n1Cc1ccc(-c2ccccc2-c2nn[nH]n2)cc1. The van der Waals surface area contributed by atoms with Crippen molar-refractivity contribution >= 4 is 11.2 Å². The Morgan fingerprint density at radius 2 is 1.57 bits per heavy atom. The molecule has 0 saturated heterocycles. The Labute approximate surface area is 255 Å². The van der Waals surface area contributed by atoms with Crippen molar-refractivity contribution in [2.75, 3.05) is 0 Å². The molecule has 0 atom stereocenters. The molecule has 0 fully saturated rings. The van der Waals surface area contributed by atoms with Crippen LogP contribution in [0.3, 0.4) is 0 Å². The number of para-hydroxylation sites is 1. The van der Waals surface area contributed by atoms with Crippen molar-refractivity contribution in [1.29, 1.82) is 0 Å². The van der Waals surface area contributed by atoms with Crippen molar-refractivity contribution in [3.8, 4) is 28.2 Å². The zero-order valence-corrected chi connectivity index (χ0v) is 25.3. The molecular weight excluding hydrogens is 552 g/mol. The maximum Gasteiger partial charge on any atom is 0.337 e. The first kappa shape index (κ1) is 29.0. The van der Waals surface area contributed by atoms with Gasteiger partial charge in [0.05, 0.1) is 5.69 Å². The molecule has 6 aromatic rings. The largest absolute Gasteiger partial charge is 0.337 e. The fraction of sp³-hybridized carbons (Fsp3) is 0.294. The molecule has 224 valence electrons. The molecule has 0 bridgehead atoms. The van der Waals surface area contributed by atoms with Crippen molar-refractivity contribution in [2.24, 2.45) is 5.92 Å². The number of unbranched alkanes of at least 4 members (excludes halogenated alkanes) is 2. The molecule has 3 aromatic heterocycles. The molecular formula is C34H36N8O2. The van der Waals surface area contributed by atoms with Crippen LogP contribution in [0.5, 0.6) is 0 Å². The molecule has 6 rings (SSSR count). The fourth-order valence-electron chi connectivity index (χ4n) is 5.69. The van der Waals surface area contributed by atoms with E-state index in [2.05, 4.69) is 51.8 Å². The number of aromatic amines is 1. The predicted octanol–water partition coefficient (Wildman–Crippen LogP) is 5.63. The maximum absolute atomic E-state index is 14.1. The number of aryl methyl sites for hydroxylation is 1. The predicted molar refractivity (Wildman–Crippen MR) is 172 cm³/mol. The molecule has 3 heterocycles. The number of rotatable bonds is 11. The lowest BCUT2D eigenvalue weighted by Crippen LogP contribution is -2.41.